The summed E-state index contributed by atoms with van der Waals surface area (Å²) >= 11 is 3.36. The lowest BCUT2D eigenvalue weighted by Crippen LogP contribution is -2.11. The van der Waals surface area contributed by atoms with Crippen molar-refractivity contribution in [3.05, 3.63) is 33.8 Å². The van der Waals surface area contributed by atoms with Crippen molar-refractivity contribution in [2.24, 2.45) is 0 Å². The molecule has 0 amide bonds. The van der Waals surface area contributed by atoms with Gasteiger partial charge in [0.05, 0.1) is 23.4 Å². The second kappa shape index (κ2) is 6.84. The molecule has 0 aliphatic rings. The highest BCUT2D eigenvalue weighted by atomic mass is 32.1. The van der Waals surface area contributed by atoms with Gasteiger partial charge >= 0.3 is 0 Å². The highest BCUT2D eigenvalue weighted by Crippen LogP contribution is 2.27. The molecule has 0 aromatic carbocycles. The SMILES string of the molecule is COCCNc1nc(NCc2cccs2)nc2ccsc12. The van der Waals surface area contributed by atoms with Crippen LogP contribution in [-0.2, 0) is 11.3 Å². The van der Waals surface area contributed by atoms with Gasteiger partial charge in [-0.15, -0.1) is 22.7 Å². The fourth-order valence-corrected chi connectivity index (χ4v) is 3.35. The fraction of sp³-hybridized carbons (Fsp3) is 0.286. The first kappa shape index (κ1) is 14.2. The minimum Gasteiger partial charge on any atom is -0.383 e. The Morgan fingerprint density at radius 3 is 2.90 bits per heavy atom. The van der Waals surface area contributed by atoms with Gasteiger partial charge in [-0.3, -0.25) is 0 Å². The van der Waals surface area contributed by atoms with Crippen molar-refractivity contribution >= 4 is 44.7 Å². The maximum Gasteiger partial charge on any atom is 0.225 e. The number of fused-ring (bicyclic) bond motifs is 1. The molecule has 0 radical (unpaired) electrons. The molecule has 21 heavy (non-hydrogen) atoms. The summed E-state index contributed by atoms with van der Waals surface area (Å²) in [6.07, 6.45) is 0. The Morgan fingerprint density at radius 1 is 1.14 bits per heavy atom. The molecule has 110 valence electrons. The van der Waals surface area contributed by atoms with E-state index in [9.17, 15) is 0 Å². The Balaban J connectivity index is 1.78. The lowest BCUT2D eigenvalue weighted by molar-refractivity contribution is 0.210. The average Bonchev–Trinajstić information content (AvgIpc) is 3.16. The Morgan fingerprint density at radius 2 is 2.10 bits per heavy atom. The zero-order valence-corrected chi connectivity index (χ0v) is 13.3. The molecule has 0 saturated carbocycles. The first-order valence-corrected chi connectivity index (χ1v) is 8.37. The molecule has 0 aliphatic carbocycles. The predicted octanol–water partition coefficient (Wildman–Crippen LogP) is 3.42. The summed E-state index contributed by atoms with van der Waals surface area (Å²) < 4.78 is 6.14. The Bertz CT molecular complexity index is 696. The molecule has 0 atom stereocenters. The van der Waals surface area contributed by atoms with E-state index < -0.39 is 0 Å². The van der Waals surface area contributed by atoms with Crippen LogP contribution in [0, 0.1) is 0 Å². The van der Waals surface area contributed by atoms with Crippen LogP contribution in [-0.4, -0.2) is 30.2 Å². The lowest BCUT2D eigenvalue weighted by atomic mass is 10.4. The number of nitrogens with one attached hydrogen (secondary N) is 2. The number of thiophene rings is 2. The van der Waals surface area contributed by atoms with E-state index in [4.69, 9.17) is 4.74 Å². The number of anilines is 2. The van der Waals surface area contributed by atoms with E-state index in [1.807, 2.05) is 17.5 Å². The zero-order chi connectivity index (χ0) is 14.5. The summed E-state index contributed by atoms with van der Waals surface area (Å²) in [7, 11) is 1.69. The summed E-state index contributed by atoms with van der Waals surface area (Å²) in [4.78, 5) is 10.4. The molecule has 7 heteroatoms. The molecule has 3 aromatic rings. The Kier molecular flexibility index (Phi) is 4.64. The summed E-state index contributed by atoms with van der Waals surface area (Å²) in [5, 5.41) is 10.7. The first-order valence-electron chi connectivity index (χ1n) is 6.61. The van der Waals surface area contributed by atoms with Crippen LogP contribution >= 0.6 is 22.7 Å². The molecule has 3 heterocycles. The van der Waals surface area contributed by atoms with Gasteiger partial charge in [0.25, 0.3) is 0 Å². The van der Waals surface area contributed by atoms with Crippen LogP contribution in [0.4, 0.5) is 11.8 Å². The van der Waals surface area contributed by atoms with Crippen LogP contribution in [0.15, 0.2) is 29.0 Å². The topological polar surface area (TPSA) is 59.1 Å². The van der Waals surface area contributed by atoms with E-state index >= 15 is 0 Å². The van der Waals surface area contributed by atoms with Gasteiger partial charge in [-0.25, -0.2) is 4.98 Å². The molecule has 0 fully saturated rings. The van der Waals surface area contributed by atoms with Gasteiger partial charge in [0.2, 0.25) is 5.95 Å². The number of nitrogens with zero attached hydrogens (tertiary/aromatic N) is 2. The van der Waals surface area contributed by atoms with Crippen molar-refractivity contribution < 1.29 is 4.74 Å². The zero-order valence-electron chi connectivity index (χ0n) is 11.6. The van der Waals surface area contributed by atoms with E-state index in [0.717, 1.165) is 29.1 Å². The maximum absolute atomic E-state index is 5.07. The van der Waals surface area contributed by atoms with Crippen LogP contribution in [0.2, 0.25) is 0 Å². The quantitative estimate of drug-likeness (QED) is 0.653. The number of rotatable bonds is 7. The molecule has 0 bridgehead atoms. The molecule has 0 aliphatic heterocycles. The van der Waals surface area contributed by atoms with Crippen LogP contribution in [0.3, 0.4) is 0 Å². The molecule has 3 rings (SSSR count). The van der Waals surface area contributed by atoms with Crippen molar-refractivity contribution in [3.8, 4) is 0 Å². The molecule has 2 N–H and O–H groups in total. The molecule has 5 nitrogen and oxygen atoms in total. The van der Waals surface area contributed by atoms with Crippen LogP contribution in [0.1, 0.15) is 4.88 Å². The van der Waals surface area contributed by atoms with Gasteiger partial charge in [-0.1, -0.05) is 6.07 Å². The predicted molar refractivity (Wildman–Crippen MR) is 89.4 cm³/mol. The van der Waals surface area contributed by atoms with Crippen molar-refractivity contribution in [3.63, 3.8) is 0 Å². The standard InChI is InChI=1S/C14H16N4OS2/c1-19-6-5-15-13-12-11(4-8-21-12)17-14(18-13)16-9-10-3-2-7-20-10/h2-4,7-8H,5-6,9H2,1H3,(H2,15,16,17,18). The third kappa shape index (κ3) is 3.49. The number of hydrogen-bond donors (Lipinski definition) is 2. The van der Waals surface area contributed by atoms with Crippen LogP contribution in [0.5, 0.6) is 0 Å². The van der Waals surface area contributed by atoms with Gasteiger partial charge < -0.3 is 15.4 Å². The van der Waals surface area contributed by atoms with E-state index in [2.05, 4.69) is 32.0 Å². The van der Waals surface area contributed by atoms with Gasteiger partial charge in [0.1, 0.15) is 5.82 Å². The van der Waals surface area contributed by atoms with Crippen molar-refractivity contribution in [2.75, 3.05) is 30.9 Å². The van der Waals surface area contributed by atoms with Crippen molar-refractivity contribution in [1.82, 2.24) is 9.97 Å². The minimum atomic E-state index is 0.647. The normalized spacial score (nSPS) is 10.9. The highest BCUT2D eigenvalue weighted by molar-refractivity contribution is 7.17. The molecule has 3 aromatic heterocycles. The van der Waals surface area contributed by atoms with E-state index in [0.29, 0.717) is 12.6 Å². The number of ether oxygens (including phenoxy) is 1. The molecule has 0 spiro atoms. The highest BCUT2D eigenvalue weighted by Gasteiger charge is 2.08. The third-order valence-electron chi connectivity index (χ3n) is 2.90. The Hall–Kier alpha value is -1.70. The summed E-state index contributed by atoms with van der Waals surface area (Å²) in [6, 6.07) is 6.15. The van der Waals surface area contributed by atoms with Gasteiger partial charge in [-0.05, 0) is 22.9 Å². The van der Waals surface area contributed by atoms with Crippen LogP contribution < -0.4 is 10.6 Å². The number of methoxy groups -OCH3 is 1. The fourth-order valence-electron chi connectivity index (χ4n) is 1.91. The smallest absolute Gasteiger partial charge is 0.225 e. The van der Waals surface area contributed by atoms with Crippen molar-refractivity contribution in [2.45, 2.75) is 6.54 Å². The number of hydrogen-bond acceptors (Lipinski definition) is 7. The summed E-state index contributed by atoms with van der Waals surface area (Å²) in [5.41, 5.74) is 0.962. The first-order chi connectivity index (χ1) is 10.4. The second-order valence-corrected chi connectivity index (χ2v) is 6.33. The maximum atomic E-state index is 5.07. The Labute approximate surface area is 131 Å². The average molecular weight is 320 g/mol. The van der Waals surface area contributed by atoms with E-state index in [1.54, 1.807) is 29.8 Å². The summed E-state index contributed by atoms with van der Waals surface area (Å²) in [5.74, 6) is 1.51. The lowest BCUT2D eigenvalue weighted by Gasteiger charge is -2.09. The second-order valence-electron chi connectivity index (χ2n) is 4.38. The van der Waals surface area contributed by atoms with Crippen molar-refractivity contribution in [1.29, 1.82) is 0 Å². The molecular formula is C14H16N4OS2. The summed E-state index contributed by atoms with van der Waals surface area (Å²) in [6.45, 7) is 2.12. The minimum absolute atomic E-state index is 0.647. The molecule has 0 saturated heterocycles. The third-order valence-corrected chi connectivity index (χ3v) is 4.69. The monoisotopic (exact) mass is 320 g/mol. The van der Waals surface area contributed by atoms with E-state index in [1.165, 1.54) is 4.88 Å². The number of aromatic nitrogens is 2. The van der Waals surface area contributed by atoms with Gasteiger partial charge in [0.15, 0.2) is 0 Å². The molecule has 0 unspecified atom stereocenters. The molecular weight excluding hydrogens is 304 g/mol. The largest absolute Gasteiger partial charge is 0.383 e. The van der Waals surface area contributed by atoms with Gasteiger partial charge in [-0.2, -0.15) is 4.98 Å². The van der Waals surface area contributed by atoms with Crippen LogP contribution in [0.25, 0.3) is 10.2 Å². The van der Waals surface area contributed by atoms with Gasteiger partial charge in [0, 0.05) is 18.5 Å². The van der Waals surface area contributed by atoms with E-state index in [-0.39, 0.29) is 0 Å².